The number of aromatic amines is 1. The molecule has 2 heterocycles. The molecule has 1 aliphatic heterocycles. The molecule has 0 bridgehead atoms. The molecule has 1 saturated heterocycles. The fraction of sp³-hybridized carbons (Fsp3) is 0.727. The number of hydrogen-bond donors (Lipinski definition) is 3. The molecule has 0 saturated carbocycles. The summed E-state index contributed by atoms with van der Waals surface area (Å²) in [5, 5.41) is 16.8. The lowest BCUT2D eigenvalue weighted by Gasteiger charge is -2.25. The van der Waals surface area contributed by atoms with E-state index in [1.165, 1.54) is 11.8 Å². The van der Waals surface area contributed by atoms with Gasteiger partial charge in [0.15, 0.2) is 0 Å². The van der Waals surface area contributed by atoms with E-state index in [4.69, 9.17) is 5.73 Å². The Bertz CT molecular complexity index is 456. The molecule has 0 aromatic carbocycles. The van der Waals surface area contributed by atoms with Crippen LogP contribution in [0.5, 0.6) is 0 Å². The molecule has 1 fully saturated rings. The molecule has 1 atom stereocenters. The van der Waals surface area contributed by atoms with Gasteiger partial charge in [-0.15, -0.1) is 5.10 Å². The number of aliphatic hydroxyl groups is 1. The number of hydrogen-bond acceptors (Lipinski definition) is 6. The van der Waals surface area contributed by atoms with Crippen LogP contribution in [-0.4, -0.2) is 55.5 Å². The van der Waals surface area contributed by atoms with E-state index in [2.05, 4.69) is 15.2 Å². The first-order valence-electron chi connectivity index (χ1n) is 6.17. The summed E-state index contributed by atoms with van der Waals surface area (Å²) < 4.78 is 0. The first kappa shape index (κ1) is 14.1. The molecule has 0 spiro atoms. The Morgan fingerprint density at radius 1 is 1.68 bits per heavy atom. The minimum atomic E-state index is -0.736. The molecule has 1 amide bonds. The predicted octanol–water partition coefficient (Wildman–Crippen LogP) is 0.0984. The van der Waals surface area contributed by atoms with Gasteiger partial charge in [-0.25, -0.2) is 5.10 Å². The van der Waals surface area contributed by atoms with Crippen LogP contribution in [0.15, 0.2) is 5.16 Å². The summed E-state index contributed by atoms with van der Waals surface area (Å²) in [4.78, 5) is 17.7. The standard InChI is InChI=1S/C11H19N5O2S/c1-11(2,18)7-3-4-16(5-7)8(17)6-19-10-13-9(12)14-15-10/h7,18H,3-6H2,1-2H3,(H3,12,13,14,15). The maximum atomic E-state index is 12.0. The van der Waals surface area contributed by atoms with Crippen LogP contribution < -0.4 is 5.73 Å². The van der Waals surface area contributed by atoms with Crippen molar-refractivity contribution in [2.24, 2.45) is 5.92 Å². The van der Waals surface area contributed by atoms with Gasteiger partial charge < -0.3 is 15.7 Å². The first-order valence-corrected chi connectivity index (χ1v) is 7.15. The van der Waals surface area contributed by atoms with Crippen LogP contribution in [0.2, 0.25) is 0 Å². The van der Waals surface area contributed by atoms with Crippen molar-refractivity contribution in [2.75, 3.05) is 24.6 Å². The van der Waals surface area contributed by atoms with E-state index in [0.717, 1.165) is 6.42 Å². The highest BCUT2D eigenvalue weighted by Gasteiger charge is 2.35. The number of anilines is 1. The van der Waals surface area contributed by atoms with Gasteiger partial charge in [0.05, 0.1) is 11.4 Å². The molecular weight excluding hydrogens is 266 g/mol. The van der Waals surface area contributed by atoms with Crippen molar-refractivity contribution < 1.29 is 9.90 Å². The van der Waals surface area contributed by atoms with Crippen LogP contribution in [0, 0.1) is 5.92 Å². The van der Waals surface area contributed by atoms with Crippen molar-refractivity contribution in [1.82, 2.24) is 20.1 Å². The molecule has 1 aromatic heterocycles. The third-order valence-electron chi connectivity index (χ3n) is 3.35. The first-order chi connectivity index (χ1) is 8.86. The second-order valence-electron chi connectivity index (χ2n) is 5.27. The van der Waals surface area contributed by atoms with Crippen LogP contribution >= 0.6 is 11.8 Å². The number of nitrogens with one attached hydrogen (secondary N) is 1. The van der Waals surface area contributed by atoms with E-state index in [1.54, 1.807) is 18.7 Å². The highest BCUT2D eigenvalue weighted by Crippen LogP contribution is 2.27. The number of thioether (sulfide) groups is 1. The summed E-state index contributed by atoms with van der Waals surface area (Å²) >= 11 is 1.26. The number of carbonyl (C=O) groups excluding carboxylic acids is 1. The molecule has 7 nitrogen and oxygen atoms in total. The van der Waals surface area contributed by atoms with Gasteiger partial charge in [0, 0.05) is 19.0 Å². The third kappa shape index (κ3) is 3.60. The fourth-order valence-electron chi connectivity index (χ4n) is 2.10. The molecule has 1 unspecified atom stereocenters. The SMILES string of the molecule is CC(C)(O)C1CCN(C(=O)CSc2n[nH]c(N)n2)C1. The summed E-state index contributed by atoms with van der Waals surface area (Å²) in [6.45, 7) is 4.89. The Morgan fingerprint density at radius 3 is 2.95 bits per heavy atom. The largest absolute Gasteiger partial charge is 0.390 e. The van der Waals surface area contributed by atoms with Gasteiger partial charge in [-0.1, -0.05) is 11.8 Å². The zero-order valence-electron chi connectivity index (χ0n) is 11.1. The summed E-state index contributed by atoms with van der Waals surface area (Å²) in [7, 11) is 0. The van der Waals surface area contributed by atoms with Crippen LogP contribution in [0.3, 0.4) is 0 Å². The average Bonchev–Trinajstić information content (AvgIpc) is 2.93. The Hall–Kier alpha value is -1.28. The molecule has 2 rings (SSSR count). The topological polar surface area (TPSA) is 108 Å². The van der Waals surface area contributed by atoms with Gasteiger partial charge in [0.2, 0.25) is 17.0 Å². The Labute approximate surface area is 116 Å². The number of nitrogen functional groups attached to an aromatic ring is 1. The van der Waals surface area contributed by atoms with Gasteiger partial charge in [-0.2, -0.15) is 4.98 Å². The maximum Gasteiger partial charge on any atom is 0.233 e. The summed E-state index contributed by atoms with van der Waals surface area (Å²) in [6, 6.07) is 0. The number of carbonyl (C=O) groups is 1. The monoisotopic (exact) mass is 285 g/mol. The number of nitrogens with two attached hydrogens (primary N) is 1. The highest BCUT2D eigenvalue weighted by atomic mass is 32.2. The van der Waals surface area contributed by atoms with E-state index in [0.29, 0.717) is 18.2 Å². The molecule has 4 N–H and O–H groups in total. The van der Waals surface area contributed by atoms with Crippen molar-refractivity contribution in [3.8, 4) is 0 Å². The second kappa shape index (κ2) is 5.38. The van der Waals surface area contributed by atoms with Gasteiger partial charge in [0.25, 0.3) is 0 Å². The van der Waals surface area contributed by atoms with Crippen LogP contribution in [-0.2, 0) is 4.79 Å². The third-order valence-corrected chi connectivity index (χ3v) is 4.18. The number of amides is 1. The van der Waals surface area contributed by atoms with Crippen LogP contribution in [0.4, 0.5) is 5.95 Å². The van der Waals surface area contributed by atoms with Gasteiger partial charge in [0.1, 0.15) is 0 Å². The number of nitrogens with zero attached hydrogens (tertiary/aromatic N) is 3. The smallest absolute Gasteiger partial charge is 0.233 e. The Kier molecular flexibility index (Phi) is 4.00. The fourth-order valence-corrected chi connectivity index (χ4v) is 2.81. The quantitative estimate of drug-likeness (QED) is 0.677. The van der Waals surface area contributed by atoms with E-state index in [1.807, 2.05) is 0 Å². The molecule has 1 aliphatic rings. The Morgan fingerprint density at radius 2 is 2.42 bits per heavy atom. The van der Waals surface area contributed by atoms with Crippen LogP contribution in [0.25, 0.3) is 0 Å². The lowest BCUT2D eigenvalue weighted by atomic mass is 9.90. The summed E-state index contributed by atoms with van der Waals surface area (Å²) in [5.41, 5.74) is 4.67. The van der Waals surface area contributed by atoms with Gasteiger partial charge in [-0.05, 0) is 20.3 Å². The van der Waals surface area contributed by atoms with Crippen molar-refractivity contribution in [3.05, 3.63) is 0 Å². The molecule has 0 aliphatic carbocycles. The Balaban J connectivity index is 1.82. The minimum absolute atomic E-state index is 0.0418. The number of likely N-dealkylation sites (tertiary alicyclic amines) is 1. The zero-order valence-corrected chi connectivity index (χ0v) is 11.9. The normalized spacial score (nSPS) is 19.9. The minimum Gasteiger partial charge on any atom is -0.390 e. The lowest BCUT2D eigenvalue weighted by molar-refractivity contribution is -0.127. The van der Waals surface area contributed by atoms with Crippen molar-refractivity contribution in [3.63, 3.8) is 0 Å². The predicted molar refractivity (Wildman–Crippen MR) is 72.5 cm³/mol. The summed E-state index contributed by atoms with van der Waals surface area (Å²) in [6.07, 6.45) is 0.841. The van der Waals surface area contributed by atoms with Gasteiger partial charge >= 0.3 is 0 Å². The molecule has 106 valence electrons. The van der Waals surface area contributed by atoms with E-state index >= 15 is 0 Å². The molecule has 1 aromatic rings. The average molecular weight is 285 g/mol. The highest BCUT2D eigenvalue weighted by molar-refractivity contribution is 7.99. The second-order valence-corrected chi connectivity index (χ2v) is 6.21. The van der Waals surface area contributed by atoms with Gasteiger partial charge in [-0.3, -0.25) is 4.79 Å². The maximum absolute atomic E-state index is 12.0. The van der Waals surface area contributed by atoms with Crippen molar-refractivity contribution >= 4 is 23.6 Å². The number of rotatable bonds is 4. The van der Waals surface area contributed by atoms with E-state index in [-0.39, 0.29) is 23.5 Å². The van der Waals surface area contributed by atoms with E-state index in [9.17, 15) is 9.90 Å². The molecular formula is C11H19N5O2S. The zero-order chi connectivity index (χ0) is 14.0. The van der Waals surface area contributed by atoms with E-state index < -0.39 is 5.60 Å². The molecule has 8 heteroatoms. The lowest BCUT2D eigenvalue weighted by Crippen LogP contribution is -2.36. The van der Waals surface area contributed by atoms with Crippen molar-refractivity contribution in [2.45, 2.75) is 31.0 Å². The molecule has 19 heavy (non-hydrogen) atoms. The number of aromatic nitrogens is 3. The molecule has 0 radical (unpaired) electrons. The number of H-pyrrole nitrogens is 1. The van der Waals surface area contributed by atoms with Crippen molar-refractivity contribution in [1.29, 1.82) is 0 Å². The summed E-state index contributed by atoms with van der Waals surface area (Å²) in [5.74, 6) is 0.717. The van der Waals surface area contributed by atoms with Crippen LogP contribution in [0.1, 0.15) is 20.3 Å².